The number of hydrogen-bond acceptors (Lipinski definition) is 1. The van der Waals surface area contributed by atoms with Crippen molar-refractivity contribution in [1.29, 1.82) is 0 Å². The lowest BCUT2D eigenvalue weighted by molar-refractivity contribution is 0.0797. The summed E-state index contributed by atoms with van der Waals surface area (Å²) in [5.74, 6) is 0.00862. The average Bonchev–Trinajstić information content (AvgIpc) is 2.70. The van der Waals surface area contributed by atoms with Gasteiger partial charge in [0, 0.05) is 18.9 Å². The fraction of sp³-hybridized carbons (Fsp3) is 0.308. The molecule has 0 aliphatic heterocycles. The lowest BCUT2D eigenvalue weighted by Crippen LogP contribution is -2.27. The van der Waals surface area contributed by atoms with Gasteiger partial charge >= 0.3 is 0 Å². The standard InChI is InChI=1S/C13H18N2O/c1-5-8-10-9-12(14-11(10)6-2)13(16)15(4)7-3/h5-6,8-9,14H,1,7H2,2-4H3/b10-8-,11-6+. The Bertz CT molecular complexity index is 496. The molecular weight excluding hydrogens is 200 g/mol. The molecule has 1 aromatic rings. The number of H-pyrrole nitrogens is 1. The van der Waals surface area contributed by atoms with E-state index in [9.17, 15) is 4.79 Å². The maximum Gasteiger partial charge on any atom is 0.270 e. The number of carbonyl (C=O) groups is 1. The minimum atomic E-state index is 0.00862. The van der Waals surface area contributed by atoms with Crippen molar-refractivity contribution >= 4 is 18.1 Å². The molecule has 0 atom stereocenters. The fourth-order valence-electron chi connectivity index (χ4n) is 1.45. The van der Waals surface area contributed by atoms with E-state index in [1.807, 2.05) is 32.1 Å². The molecule has 0 saturated carbocycles. The van der Waals surface area contributed by atoms with Crippen LogP contribution in [-0.4, -0.2) is 29.4 Å². The first-order valence-corrected chi connectivity index (χ1v) is 5.37. The second kappa shape index (κ2) is 5.35. The van der Waals surface area contributed by atoms with Gasteiger partial charge in [0.15, 0.2) is 0 Å². The highest BCUT2D eigenvalue weighted by atomic mass is 16.2. The Hall–Kier alpha value is -1.77. The fourth-order valence-corrected chi connectivity index (χ4v) is 1.45. The van der Waals surface area contributed by atoms with Crippen LogP contribution in [0.2, 0.25) is 0 Å². The molecule has 1 heterocycles. The van der Waals surface area contributed by atoms with Gasteiger partial charge < -0.3 is 9.88 Å². The Morgan fingerprint density at radius 1 is 1.62 bits per heavy atom. The number of rotatable bonds is 3. The van der Waals surface area contributed by atoms with Gasteiger partial charge in [-0.15, -0.1) is 0 Å². The maximum absolute atomic E-state index is 11.9. The van der Waals surface area contributed by atoms with Gasteiger partial charge in [-0.1, -0.05) is 24.8 Å². The number of allylic oxidation sites excluding steroid dienone is 1. The van der Waals surface area contributed by atoms with Crippen molar-refractivity contribution in [1.82, 2.24) is 9.88 Å². The van der Waals surface area contributed by atoms with Crippen molar-refractivity contribution in [2.75, 3.05) is 13.6 Å². The molecule has 0 aliphatic carbocycles. The summed E-state index contributed by atoms with van der Waals surface area (Å²) in [6.07, 6.45) is 5.54. The lowest BCUT2D eigenvalue weighted by atomic mass is 10.3. The summed E-state index contributed by atoms with van der Waals surface area (Å²) in [7, 11) is 1.79. The van der Waals surface area contributed by atoms with E-state index in [1.54, 1.807) is 18.0 Å². The first-order valence-electron chi connectivity index (χ1n) is 5.37. The van der Waals surface area contributed by atoms with Gasteiger partial charge in [0.2, 0.25) is 0 Å². The van der Waals surface area contributed by atoms with Crippen LogP contribution < -0.4 is 10.6 Å². The van der Waals surface area contributed by atoms with Crippen molar-refractivity contribution in [3.05, 3.63) is 35.0 Å². The Kier molecular flexibility index (Phi) is 4.11. The third-order valence-electron chi connectivity index (χ3n) is 2.52. The lowest BCUT2D eigenvalue weighted by Gasteiger charge is -2.12. The van der Waals surface area contributed by atoms with Gasteiger partial charge in [-0.2, -0.15) is 0 Å². The molecule has 0 spiro atoms. The number of amides is 1. The molecule has 0 saturated heterocycles. The van der Waals surface area contributed by atoms with Crippen LogP contribution in [0.15, 0.2) is 18.7 Å². The van der Waals surface area contributed by atoms with Crippen LogP contribution >= 0.6 is 0 Å². The summed E-state index contributed by atoms with van der Waals surface area (Å²) in [5, 5.41) is 1.94. The topological polar surface area (TPSA) is 36.1 Å². The summed E-state index contributed by atoms with van der Waals surface area (Å²) < 4.78 is 0. The van der Waals surface area contributed by atoms with Gasteiger partial charge in [-0.3, -0.25) is 4.79 Å². The van der Waals surface area contributed by atoms with Crippen LogP contribution in [-0.2, 0) is 0 Å². The minimum absolute atomic E-state index is 0.00862. The van der Waals surface area contributed by atoms with E-state index >= 15 is 0 Å². The SMILES string of the molecule is C=C/C=c1/cc(C(=O)N(C)CC)[nH]/c1=C/C. The molecule has 1 N–H and O–H groups in total. The Labute approximate surface area is 95.8 Å². The van der Waals surface area contributed by atoms with Crippen molar-refractivity contribution in [2.24, 2.45) is 0 Å². The summed E-state index contributed by atoms with van der Waals surface area (Å²) in [4.78, 5) is 16.7. The predicted molar refractivity (Wildman–Crippen MR) is 67.5 cm³/mol. The van der Waals surface area contributed by atoms with Crippen LogP contribution in [0.5, 0.6) is 0 Å². The first-order chi connectivity index (χ1) is 7.63. The van der Waals surface area contributed by atoms with E-state index < -0.39 is 0 Å². The highest BCUT2D eigenvalue weighted by Gasteiger charge is 2.11. The molecule has 0 fully saturated rings. The molecule has 16 heavy (non-hydrogen) atoms. The molecule has 1 aromatic heterocycles. The molecule has 3 nitrogen and oxygen atoms in total. The van der Waals surface area contributed by atoms with E-state index in [-0.39, 0.29) is 5.91 Å². The molecule has 0 aliphatic rings. The molecule has 0 aromatic carbocycles. The number of aromatic nitrogens is 1. The molecule has 0 bridgehead atoms. The van der Waals surface area contributed by atoms with Crippen molar-refractivity contribution < 1.29 is 4.79 Å². The maximum atomic E-state index is 11.9. The van der Waals surface area contributed by atoms with Crippen molar-refractivity contribution in [3.8, 4) is 0 Å². The third kappa shape index (κ3) is 2.42. The van der Waals surface area contributed by atoms with Crippen LogP contribution in [0.3, 0.4) is 0 Å². The highest BCUT2D eigenvalue weighted by Crippen LogP contribution is 1.94. The summed E-state index contributed by atoms with van der Waals surface area (Å²) in [6, 6.07) is 1.85. The summed E-state index contributed by atoms with van der Waals surface area (Å²) in [5.41, 5.74) is 0.616. The van der Waals surface area contributed by atoms with E-state index in [4.69, 9.17) is 0 Å². The number of hydrogen-bond donors (Lipinski definition) is 1. The smallest absolute Gasteiger partial charge is 0.270 e. The van der Waals surface area contributed by atoms with Gasteiger partial charge in [-0.25, -0.2) is 0 Å². The zero-order chi connectivity index (χ0) is 12.1. The summed E-state index contributed by atoms with van der Waals surface area (Å²) >= 11 is 0. The minimum Gasteiger partial charge on any atom is -0.351 e. The molecule has 1 rings (SSSR count). The van der Waals surface area contributed by atoms with Crippen LogP contribution in [0, 0.1) is 0 Å². The van der Waals surface area contributed by atoms with Gasteiger partial charge in [0.25, 0.3) is 5.91 Å². The zero-order valence-corrected chi connectivity index (χ0v) is 10.1. The number of nitrogens with one attached hydrogen (secondary N) is 1. The van der Waals surface area contributed by atoms with Gasteiger partial charge in [-0.05, 0) is 25.1 Å². The monoisotopic (exact) mass is 218 g/mol. The quantitative estimate of drug-likeness (QED) is 0.803. The van der Waals surface area contributed by atoms with Crippen molar-refractivity contribution in [3.63, 3.8) is 0 Å². The summed E-state index contributed by atoms with van der Waals surface area (Å²) in [6.45, 7) is 8.24. The predicted octanol–water partition coefficient (Wildman–Crippen LogP) is 0.874. The first kappa shape index (κ1) is 12.3. The van der Waals surface area contributed by atoms with Crippen LogP contribution in [0.1, 0.15) is 24.3 Å². The van der Waals surface area contributed by atoms with Gasteiger partial charge in [0.05, 0.1) is 0 Å². The molecule has 3 heteroatoms. The highest BCUT2D eigenvalue weighted by molar-refractivity contribution is 5.92. The largest absolute Gasteiger partial charge is 0.351 e. The molecular formula is C13H18N2O. The van der Waals surface area contributed by atoms with E-state index in [1.165, 1.54) is 0 Å². The molecule has 1 amide bonds. The molecule has 0 unspecified atom stereocenters. The normalized spacial score (nSPS) is 12.9. The van der Waals surface area contributed by atoms with Crippen LogP contribution in [0.4, 0.5) is 0 Å². The van der Waals surface area contributed by atoms with E-state index in [2.05, 4.69) is 11.6 Å². The second-order valence-electron chi connectivity index (χ2n) is 3.56. The number of aromatic amines is 1. The second-order valence-corrected chi connectivity index (χ2v) is 3.56. The Morgan fingerprint density at radius 2 is 2.31 bits per heavy atom. The molecule has 86 valence electrons. The van der Waals surface area contributed by atoms with E-state index in [0.29, 0.717) is 12.2 Å². The average molecular weight is 218 g/mol. The number of nitrogens with zero attached hydrogens (tertiary/aromatic N) is 1. The van der Waals surface area contributed by atoms with Crippen LogP contribution in [0.25, 0.3) is 12.2 Å². The molecule has 0 radical (unpaired) electrons. The van der Waals surface area contributed by atoms with Gasteiger partial charge in [0.1, 0.15) is 5.69 Å². The zero-order valence-electron chi connectivity index (χ0n) is 10.1. The van der Waals surface area contributed by atoms with Crippen molar-refractivity contribution in [2.45, 2.75) is 13.8 Å². The third-order valence-corrected chi connectivity index (χ3v) is 2.52. The van der Waals surface area contributed by atoms with E-state index in [0.717, 1.165) is 10.6 Å². The Balaban J connectivity index is 3.24. The Morgan fingerprint density at radius 3 is 2.81 bits per heavy atom. The number of carbonyl (C=O) groups excluding carboxylic acids is 1.